The number of aryl methyl sites for hydroxylation is 2. The summed E-state index contributed by atoms with van der Waals surface area (Å²) in [5.74, 6) is 0.759. The molecule has 1 unspecified atom stereocenters. The summed E-state index contributed by atoms with van der Waals surface area (Å²) < 4.78 is 2.14. The van der Waals surface area contributed by atoms with Crippen molar-refractivity contribution in [3.8, 4) is 0 Å². The van der Waals surface area contributed by atoms with Gasteiger partial charge in [0.25, 0.3) is 0 Å². The van der Waals surface area contributed by atoms with Crippen molar-refractivity contribution >= 4 is 10.9 Å². The first-order chi connectivity index (χ1) is 11.4. The molecule has 0 saturated carbocycles. The van der Waals surface area contributed by atoms with E-state index in [-0.39, 0.29) is 0 Å². The second-order valence-electron chi connectivity index (χ2n) is 6.59. The first kappa shape index (κ1) is 14.5. The predicted molar refractivity (Wildman–Crippen MR) is 93.5 cm³/mol. The van der Waals surface area contributed by atoms with Gasteiger partial charge in [-0.3, -0.25) is 0 Å². The number of imidazole rings is 1. The van der Waals surface area contributed by atoms with Crippen LogP contribution < -0.4 is 5.32 Å². The zero-order valence-electron chi connectivity index (χ0n) is 13.5. The van der Waals surface area contributed by atoms with Crippen molar-refractivity contribution in [3.05, 3.63) is 54.2 Å². The van der Waals surface area contributed by atoms with Gasteiger partial charge in [0.1, 0.15) is 0 Å². The molecule has 1 aromatic carbocycles. The van der Waals surface area contributed by atoms with Crippen LogP contribution in [0, 0.1) is 5.92 Å². The Balaban J connectivity index is 1.28. The van der Waals surface area contributed by atoms with Gasteiger partial charge in [0.2, 0.25) is 0 Å². The Morgan fingerprint density at radius 3 is 3.17 bits per heavy atom. The number of aromatic nitrogens is 3. The maximum Gasteiger partial charge on any atom is 0.0945 e. The zero-order chi connectivity index (χ0) is 15.5. The second-order valence-corrected chi connectivity index (χ2v) is 6.59. The van der Waals surface area contributed by atoms with Crippen LogP contribution in [-0.4, -0.2) is 27.6 Å². The molecule has 120 valence electrons. The van der Waals surface area contributed by atoms with Crippen LogP contribution in [0.15, 0.2) is 43.0 Å². The number of hydrogen-bond acceptors (Lipinski definition) is 2. The van der Waals surface area contributed by atoms with Gasteiger partial charge in [0, 0.05) is 35.5 Å². The van der Waals surface area contributed by atoms with Crippen LogP contribution in [0.3, 0.4) is 0 Å². The molecule has 1 atom stereocenters. The average Bonchev–Trinajstić information content (AvgIpc) is 3.21. The van der Waals surface area contributed by atoms with E-state index < -0.39 is 0 Å². The molecule has 0 saturated heterocycles. The van der Waals surface area contributed by atoms with Gasteiger partial charge in [-0.15, -0.1) is 0 Å². The molecule has 0 radical (unpaired) electrons. The number of nitrogens with one attached hydrogen (secondary N) is 2. The van der Waals surface area contributed by atoms with Crippen LogP contribution in [-0.2, 0) is 19.4 Å². The maximum absolute atomic E-state index is 4.08. The Hall–Kier alpha value is -2.07. The quantitative estimate of drug-likeness (QED) is 0.687. The van der Waals surface area contributed by atoms with Gasteiger partial charge in [-0.05, 0) is 56.3 Å². The van der Waals surface area contributed by atoms with E-state index in [4.69, 9.17) is 0 Å². The van der Waals surface area contributed by atoms with E-state index in [1.165, 1.54) is 35.9 Å². The van der Waals surface area contributed by atoms with Crippen molar-refractivity contribution in [3.63, 3.8) is 0 Å². The minimum Gasteiger partial charge on any atom is -0.358 e. The van der Waals surface area contributed by atoms with E-state index in [1.54, 1.807) is 5.56 Å². The molecule has 4 nitrogen and oxygen atoms in total. The van der Waals surface area contributed by atoms with E-state index in [9.17, 15) is 0 Å². The molecule has 4 rings (SSSR count). The standard InChI is InChI=1S/C19H24N4/c1-2-5-18-16(4-1)17-12-15(6-7-19(17)22-18)13-20-8-3-10-23-11-9-21-14-23/h1-2,4-5,9,11,14-15,20,22H,3,6-8,10,12-13H2. The summed E-state index contributed by atoms with van der Waals surface area (Å²) in [6, 6.07) is 8.71. The van der Waals surface area contributed by atoms with Crippen molar-refractivity contribution < 1.29 is 0 Å². The van der Waals surface area contributed by atoms with Gasteiger partial charge >= 0.3 is 0 Å². The van der Waals surface area contributed by atoms with Gasteiger partial charge in [-0.25, -0.2) is 4.98 Å². The van der Waals surface area contributed by atoms with Gasteiger partial charge in [-0.2, -0.15) is 0 Å². The zero-order valence-corrected chi connectivity index (χ0v) is 13.5. The van der Waals surface area contributed by atoms with Crippen molar-refractivity contribution in [2.75, 3.05) is 13.1 Å². The molecule has 0 fully saturated rings. The van der Waals surface area contributed by atoms with Crippen LogP contribution in [0.25, 0.3) is 10.9 Å². The lowest BCUT2D eigenvalue weighted by molar-refractivity contribution is 0.419. The highest BCUT2D eigenvalue weighted by molar-refractivity contribution is 5.84. The molecule has 0 aliphatic heterocycles. The fourth-order valence-electron chi connectivity index (χ4n) is 3.73. The second kappa shape index (κ2) is 6.59. The average molecular weight is 308 g/mol. The summed E-state index contributed by atoms with van der Waals surface area (Å²) in [6.45, 7) is 3.25. The third-order valence-electron chi connectivity index (χ3n) is 4.96. The molecule has 2 N–H and O–H groups in total. The third-order valence-corrected chi connectivity index (χ3v) is 4.96. The smallest absolute Gasteiger partial charge is 0.0945 e. The predicted octanol–water partition coefficient (Wildman–Crippen LogP) is 3.15. The van der Waals surface area contributed by atoms with E-state index >= 15 is 0 Å². The number of rotatable bonds is 6. The minimum atomic E-state index is 0.759. The van der Waals surface area contributed by atoms with Crippen LogP contribution >= 0.6 is 0 Å². The molecule has 0 bridgehead atoms. The van der Waals surface area contributed by atoms with Crippen molar-refractivity contribution in [1.29, 1.82) is 0 Å². The maximum atomic E-state index is 4.08. The van der Waals surface area contributed by atoms with E-state index in [2.05, 4.69) is 44.1 Å². The molecule has 0 amide bonds. The summed E-state index contributed by atoms with van der Waals surface area (Å²) in [6.07, 6.45) is 10.6. The largest absolute Gasteiger partial charge is 0.358 e. The lowest BCUT2D eigenvalue weighted by Crippen LogP contribution is -2.28. The molecule has 3 aromatic rings. The molecule has 1 aliphatic rings. The fourth-order valence-corrected chi connectivity index (χ4v) is 3.73. The molecular weight excluding hydrogens is 284 g/mol. The Morgan fingerprint density at radius 2 is 2.26 bits per heavy atom. The Morgan fingerprint density at radius 1 is 1.30 bits per heavy atom. The van der Waals surface area contributed by atoms with E-state index in [0.29, 0.717) is 0 Å². The SMILES string of the molecule is c1ccc2c3c([nH]c2c1)CCC(CNCCCn1ccnc1)C3. The molecule has 2 heterocycles. The minimum absolute atomic E-state index is 0.759. The molecule has 0 spiro atoms. The Labute approximate surface area is 136 Å². The van der Waals surface area contributed by atoms with E-state index in [1.807, 2.05) is 18.7 Å². The highest BCUT2D eigenvalue weighted by atomic mass is 15.0. The molecular formula is C19H24N4. The van der Waals surface area contributed by atoms with Crippen molar-refractivity contribution in [2.45, 2.75) is 32.2 Å². The normalized spacial score (nSPS) is 17.5. The lowest BCUT2D eigenvalue weighted by Gasteiger charge is -2.23. The summed E-state index contributed by atoms with van der Waals surface area (Å²) >= 11 is 0. The summed E-state index contributed by atoms with van der Waals surface area (Å²) in [5, 5.41) is 5.07. The van der Waals surface area contributed by atoms with Crippen LogP contribution in [0.1, 0.15) is 24.1 Å². The first-order valence-electron chi connectivity index (χ1n) is 8.65. The number of hydrogen-bond donors (Lipinski definition) is 2. The van der Waals surface area contributed by atoms with Gasteiger partial charge in [-0.1, -0.05) is 18.2 Å². The lowest BCUT2D eigenvalue weighted by atomic mass is 9.86. The molecule has 23 heavy (non-hydrogen) atoms. The number of nitrogens with zero attached hydrogens (tertiary/aromatic N) is 2. The summed E-state index contributed by atoms with van der Waals surface area (Å²) in [4.78, 5) is 7.67. The highest BCUT2D eigenvalue weighted by Gasteiger charge is 2.21. The highest BCUT2D eigenvalue weighted by Crippen LogP contribution is 2.31. The monoisotopic (exact) mass is 308 g/mol. The van der Waals surface area contributed by atoms with E-state index in [0.717, 1.165) is 32.0 Å². The number of benzene rings is 1. The third kappa shape index (κ3) is 3.17. The van der Waals surface area contributed by atoms with Crippen LogP contribution in [0.5, 0.6) is 0 Å². The number of aromatic amines is 1. The summed E-state index contributed by atoms with van der Waals surface area (Å²) in [7, 11) is 0. The van der Waals surface area contributed by atoms with Crippen LogP contribution in [0.4, 0.5) is 0 Å². The Bertz CT molecular complexity index is 757. The van der Waals surface area contributed by atoms with Gasteiger partial charge in [0.05, 0.1) is 6.33 Å². The first-order valence-corrected chi connectivity index (χ1v) is 8.65. The van der Waals surface area contributed by atoms with Crippen molar-refractivity contribution in [2.24, 2.45) is 5.92 Å². The number of fused-ring (bicyclic) bond motifs is 3. The molecule has 4 heteroatoms. The molecule has 1 aliphatic carbocycles. The number of H-pyrrole nitrogens is 1. The topological polar surface area (TPSA) is 45.6 Å². The van der Waals surface area contributed by atoms with Crippen LogP contribution in [0.2, 0.25) is 0 Å². The molecule has 2 aromatic heterocycles. The Kier molecular flexibility index (Phi) is 4.16. The number of para-hydroxylation sites is 1. The van der Waals surface area contributed by atoms with Gasteiger partial charge < -0.3 is 14.9 Å². The van der Waals surface area contributed by atoms with Gasteiger partial charge in [0.15, 0.2) is 0 Å². The fraction of sp³-hybridized carbons (Fsp3) is 0.421. The summed E-state index contributed by atoms with van der Waals surface area (Å²) in [5.41, 5.74) is 4.31. The van der Waals surface area contributed by atoms with Crippen molar-refractivity contribution in [1.82, 2.24) is 19.9 Å².